The fraction of sp³-hybridized carbons (Fsp3) is 0.127. The van der Waals surface area contributed by atoms with Crippen molar-refractivity contribution in [2.45, 2.75) is 61.3 Å². The average Bonchev–Trinajstić information content (AvgIpc) is 3.41. The topological polar surface area (TPSA) is 0 Å². The lowest BCUT2D eigenvalue weighted by Gasteiger charge is -2.19. The summed E-state index contributed by atoms with van der Waals surface area (Å²) in [6.45, 7) is 11.1. The first-order valence-corrected chi connectivity index (χ1v) is 25.1. The van der Waals surface area contributed by atoms with Crippen LogP contribution >= 0.6 is 0 Å². The monoisotopic (exact) mass is 917 g/mol. The first-order chi connectivity index (χ1) is 34.4. The van der Waals surface area contributed by atoms with E-state index in [4.69, 9.17) is 0 Å². The second-order valence-corrected chi connectivity index (χ2v) is 18.7. The van der Waals surface area contributed by atoms with Crippen LogP contribution in [-0.2, 0) is 0 Å². The molecule has 0 heteroatoms. The van der Waals surface area contributed by atoms with E-state index in [0.29, 0.717) is 0 Å². The Hall–Kier alpha value is -8.06. The Bertz CT molecular complexity index is 3740. The summed E-state index contributed by atoms with van der Waals surface area (Å²) >= 11 is 0. The van der Waals surface area contributed by atoms with Crippen LogP contribution < -0.4 is 0 Å². The first-order valence-electron chi connectivity index (χ1n) is 25.1. The van der Waals surface area contributed by atoms with Crippen LogP contribution in [0.3, 0.4) is 0 Å². The number of aryl methyl sites for hydroxylation is 3. The van der Waals surface area contributed by atoms with Crippen molar-refractivity contribution in [1.29, 1.82) is 0 Å². The molecule has 0 fully saturated rings. The lowest BCUT2D eigenvalue weighted by atomic mass is 9.84. The van der Waals surface area contributed by atoms with E-state index in [2.05, 4.69) is 253 Å². The van der Waals surface area contributed by atoms with E-state index >= 15 is 0 Å². The standard InChI is InChI=1S/C58H40.C7H8.C5H12.CH4/c1-37-33-43(31-32-47(37)56-38(2)48-21-5-6-22-49(48)50-23-7-8-24-51(50)56)41-17-13-19-45(35-41)57-52-25-9-11-27-54(52)58(55-28-12-10-26-53(55)57)46-20-14-18-42(36-46)44-30-29-39-15-3-4-16-40(39)34-44;1-7-5-3-2-4-6-7;1-3-5-4-2;/h3-36H,1-2H3;2-6H,1H3;3-5H2,1-2H3;1H4. The SMILES string of the molecule is C.CCCCC.Cc1cc(-c2cccc(-c3c4ccccc4c(-c4cccc(-c5ccc6ccccc6c5)c4)c4ccccc34)c2)ccc1-c1c(C)c2ccccc2c2ccccc12.Cc1ccccc1. The third-order valence-electron chi connectivity index (χ3n) is 14.0. The third kappa shape index (κ3) is 9.77. The van der Waals surface area contributed by atoms with Gasteiger partial charge in [-0.15, -0.1) is 0 Å². The Morgan fingerprint density at radius 2 is 0.676 bits per heavy atom. The zero-order valence-corrected chi connectivity index (χ0v) is 41.1. The maximum atomic E-state index is 2.39. The Labute approximate surface area is 421 Å². The van der Waals surface area contributed by atoms with Gasteiger partial charge in [0.25, 0.3) is 0 Å². The summed E-state index contributed by atoms with van der Waals surface area (Å²) in [6.07, 6.45) is 4.08. The summed E-state index contributed by atoms with van der Waals surface area (Å²) in [7, 11) is 0. The molecule has 348 valence electrons. The largest absolute Gasteiger partial charge is 0.0776 e. The summed E-state index contributed by atoms with van der Waals surface area (Å²) in [5, 5.41) is 12.8. The Kier molecular flexibility index (Phi) is 14.7. The Balaban J connectivity index is 0.000000427. The maximum absolute atomic E-state index is 2.39. The van der Waals surface area contributed by atoms with Crippen LogP contribution in [0, 0.1) is 20.8 Å². The predicted molar refractivity (Wildman–Crippen MR) is 314 cm³/mol. The molecule has 0 bridgehead atoms. The normalized spacial score (nSPS) is 10.9. The molecule has 0 spiro atoms. The van der Waals surface area contributed by atoms with Gasteiger partial charge in [0, 0.05) is 0 Å². The van der Waals surface area contributed by atoms with E-state index in [0.717, 1.165) is 0 Å². The van der Waals surface area contributed by atoms with Gasteiger partial charge < -0.3 is 0 Å². The number of hydrogen-bond acceptors (Lipinski definition) is 0. The van der Waals surface area contributed by atoms with Crippen molar-refractivity contribution >= 4 is 53.9 Å². The lowest BCUT2D eigenvalue weighted by molar-refractivity contribution is 0.772. The molecule has 0 amide bonds. The Morgan fingerprint density at radius 3 is 1.15 bits per heavy atom. The van der Waals surface area contributed by atoms with Crippen molar-refractivity contribution in [1.82, 2.24) is 0 Å². The Morgan fingerprint density at radius 1 is 0.282 bits per heavy atom. The second-order valence-electron chi connectivity index (χ2n) is 18.7. The summed E-state index contributed by atoms with van der Waals surface area (Å²) < 4.78 is 0. The van der Waals surface area contributed by atoms with Crippen LogP contribution in [0.15, 0.2) is 237 Å². The minimum Gasteiger partial charge on any atom is -0.0776 e. The molecule has 0 saturated heterocycles. The van der Waals surface area contributed by atoms with Crippen LogP contribution in [0.5, 0.6) is 0 Å². The number of rotatable bonds is 7. The van der Waals surface area contributed by atoms with Gasteiger partial charge in [-0.25, -0.2) is 0 Å². The van der Waals surface area contributed by atoms with Crippen molar-refractivity contribution in [3.8, 4) is 55.6 Å². The highest BCUT2D eigenvalue weighted by molar-refractivity contribution is 6.22. The molecule has 12 rings (SSSR count). The van der Waals surface area contributed by atoms with E-state index in [9.17, 15) is 0 Å². The molecule has 0 nitrogen and oxygen atoms in total. The van der Waals surface area contributed by atoms with Gasteiger partial charge in [-0.05, 0) is 160 Å². The van der Waals surface area contributed by atoms with Gasteiger partial charge in [-0.2, -0.15) is 0 Å². The van der Waals surface area contributed by atoms with Crippen LogP contribution in [0.1, 0.15) is 57.2 Å². The van der Waals surface area contributed by atoms with Gasteiger partial charge in [0.2, 0.25) is 0 Å². The molecule has 0 saturated carbocycles. The molecule has 0 atom stereocenters. The molecule has 12 aromatic rings. The van der Waals surface area contributed by atoms with E-state index in [1.54, 1.807) is 0 Å². The van der Waals surface area contributed by atoms with E-state index in [-0.39, 0.29) is 7.43 Å². The summed E-state index contributed by atoms with van der Waals surface area (Å²) in [5.74, 6) is 0. The van der Waals surface area contributed by atoms with Crippen LogP contribution in [0.2, 0.25) is 0 Å². The first kappa shape index (κ1) is 48.0. The molecule has 0 radical (unpaired) electrons. The van der Waals surface area contributed by atoms with Gasteiger partial charge in [0.15, 0.2) is 0 Å². The van der Waals surface area contributed by atoms with Crippen molar-refractivity contribution in [3.05, 3.63) is 253 Å². The number of fused-ring (bicyclic) bond motifs is 6. The van der Waals surface area contributed by atoms with Crippen molar-refractivity contribution < 1.29 is 0 Å². The lowest BCUT2D eigenvalue weighted by Crippen LogP contribution is -1.93. The number of benzene rings is 12. The summed E-state index contributed by atoms with van der Waals surface area (Å²) in [4.78, 5) is 0. The molecular formula is C71H64. The van der Waals surface area contributed by atoms with Crippen LogP contribution in [0.4, 0.5) is 0 Å². The van der Waals surface area contributed by atoms with E-state index in [1.807, 2.05) is 18.2 Å². The molecule has 0 unspecified atom stereocenters. The smallest absolute Gasteiger partial charge is 0.00262 e. The zero-order valence-electron chi connectivity index (χ0n) is 41.1. The second kappa shape index (κ2) is 21.7. The fourth-order valence-electron chi connectivity index (χ4n) is 10.5. The molecule has 0 aliphatic carbocycles. The highest BCUT2D eigenvalue weighted by atomic mass is 14.2. The minimum absolute atomic E-state index is 0. The summed E-state index contributed by atoms with van der Waals surface area (Å²) in [6, 6.07) is 86.5. The summed E-state index contributed by atoms with van der Waals surface area (Å²) in [5.41, 5.74) is 16.4. The predicted octanol–water partition coefficient (Wildman–Crippen LogP) is 21.2. The number of unbranched alkanes of at least 4 members (excludes halogenated alkanes) is 2. The third-order valence-corrected chi connectivity index (χ3v) is 14.0. The maximum Gasteiger partial charge on any atom is -0.00262 e. The molecular weight excluding hydrogens is 853 g/mol. The molecule has 0 aromatic heterocycles. The fourth-order valence-corrected chi connectivity index (χ4v) is 10.5. The van der Waals surface area contributed by atoms with Crippen molar-refractivity contribution in [3.63, 3.8) is 0 Å². The van der Waals surface area contributed by atoms with Gasteiger partial charge in [0.05, 0.1) is 0 Å². The van der Waals surface area contributed by atoms with Gasteiger partial charge >= 0.3 is 0 Å². The van der Waals surface area contributed by atoms with E-state index in [1.165, 1.54) is 145 Å². The van der Waals surface area contributed by atoms with Crippen LogP contribution in [-0.4, -0.2) is 0 Å². The van der Waals surface area contributed by atoms with Crippen molar-refractivity contribution in [2.24, 2.45) is 0 Å². The highest BCUT2D eigenvalue weighted by Gasteiger charge is 2.19. The quantitative estimate of drug-likeness (QED) is 0.110. The van der Waals surface area contributed by atoms with Gasteiger partial charge in [-0.1, -0.05) is 264 Å². The zero-order chi connectivity index (χ0) is 48.0. The van der Waals surface area contributed by atoms with Crippen LogP contribution in [0.25, 0.3) is 109 Å². The molecule has 71 heavy (non-hydrogen) atoms. The molecule has 0 heterocycles. The van der Waals surface area contributed by atoms with Gasteiger partial charge in [-0.3, -0.25) is 0 Å². The molecule has 0 aliphatic heterocycles. The minimum atomic E-state index is 0. The average molecular weight is 917 g/mol. The van der Waals surface area contributed by atoms with Crippen molar-refractivity contribution in [2.75, 3.05) is 0 Å². The highest BCUT2D eigenvalue weighted by Crippen LogP contribution is 2.46. The van der Waals surface area contributed by atoms with E-state index < -0.39 is 0 Å². The molecule has 0 aliphatic rings. The molecule has 12 aromatic carbocycles. The van der Waals surface area contributed by atoms with Gasteiger partial charge in [0.1, 0.15) is 0 Å². The number of hydrogen-bond donors (Lipinski definition) is 0. The molecule has 0 N–H and O–H groups in total.